The summed E-state index contributed by atoms with van der Waals surface area (Å²) in [6, 6.07) is 12.8. The van der Waals surface area contributed by atoms with Crippen LogP contribution in [0.2, 0.25) is 0 Å². The molecule has 3 rings (SSSR count). The van der Waals surface area contributed by atoms with Gasteiger partial charge in [0.2, 0.25) is 5.91 Å². The zero-order valence-corrected chi connectivity index (χ0v) is 16.1. The third kappa shape index (κ3) is 3.97. The summed E-state index contributed by atoms with van der Waals surface area (Å²) in [5, 5.41) is 2.96. The average molecular weight is 366 g/mol. The van der Waals surface area contributed by atoms with Gasteiger partial charge in [0.1, 0.15) is 17.1 Å². The predicted octanol–water partition coefficient (Wildman–Crippen LogP) is 3.70. The highest BCUT2D eigenvalue weighted by Gasteiger charge is 2.47. The molecular formula is C22H26N2O3. The number of furan rings is 1. The number of carbonyl (C=O) groups is 2. The van der Waals surface area contributed by atoms with Crippen LogP contribution in [0, 0.1) is 12.8 Å². The molecule has 27 heavy (non-hydrogen) atoms. The minimum atomic E-state index is -0.983. The number of aryl methyl sites for hydroxylation is 1. The van der Waals surface area contributed by atoms with Crippen LogP contribution >= 0.6 is 0 Å². The molecule has 2 amide bonds. The molecule has 1 aromatic carbocycles. The van der Waals surface area contributed by atoms with E-state index in [9.17, 15) is 9.59 Å². The van der Waals surface area contributed by atoms with E-state index in [1.165, 1.54) is 0 Å². The largest absolute Gasteiger partial charge is 0.465 e. The highest BCUT2D eigenvalue weighted by atomic mass is 16.3. The lowest BCUT2D eigenvalue weighted by Gasteiger charge is -2.38. The second-order valence-corrected chi connectivity index (χ2v) is 7.40. The van der Waals surface area contributed by atoms with Gasteiger partial charge in [0, 0.05) is 12.1 Å². The van der Waals surface area contributed by atoms with Gasteiger partial charge in [0.05, 0.1) is 6.54 Å². The molecule has 5 heteroatoms. The van der Waals surface area contributed by atoms with Crippen molar-refractivity contribution in [1.29, 1.82) is 0 Å². The molecule has 0 aliphatic carbocycles. The van der Waals surface area contributed by atoms with Crippen molar-refractivity contribution in [1.82, 2.24) is 10.2 Å². The first kappa shape index (κ1) is 19.0. The van der Waals surface area contributed by atoms with Crippen molar-refractivity contribution in [2.24, 2.45) is 5.92 Å². The van der Waals surface area contributed by atoms with Gasteiger partial charge < -0.3 is 14.6 Å². The summed E-state index contributed by atoms with van der Waals surface area (Å²) in [6.45, 7) is 6.71. The number of hydrogen-bond acceptors (Lipinski definition) is 3. The SMILES string of the molecule is Cc1ccc(CNC(=O)C2(CC(C)C)C=CCN2C(=O)c2ccccc2)o1. The first-order valence-corrected chi connectivity index (χ1v) is 9.31. The quantitative estimate of drug-likeness (QED) is 0.793. The Labute approximate surface area is 160 Å². The third-order valence-corrected chi connectivity index (χ3v) is 4.76. The molecule has 0 saturated heterocycles. The molecule has 142 valence electrons. The van der Waals surface area contributed by atoms with Gasteiger partial charge in [-0.1, -0.05) is 44.2 Å². The molecule has 0 radical (unpaired) electrons. The van der Waals surface area contributed by atoms with Crippen LogP contribution in [0.1, 0.15) is 42.1 Å². The Bertz CT molecular complexity index is 838. The minimum Gasteiger partial charge on any atom is -0.465 e. The van der Waals surface area contributed by atoms with Gasteiger partial charge in [-0.2, -0.15) is 0 Å². The molecule has 1 aliphatic heterocycles. The Morgan fingerprint density at radius 1 is 1.19 bits per heavy atom. The van der Waals surface area contributed by atoms with E-state index in [4.69, 9.17) is 4.42 Å². The van der Waals surface area contributed by atoms with Crippen LogP contribution in [0.4, 0.5) is 0 Å². The highest BCUT2D eigenvalue weighted by Crippen LogP contribution is 2.32. The molecule has 2 heterocycles. The zero-order valence-electron chi connectivity index (χ0n) is 16.1. The topological polar surface area (TPSA) is 62.6 Å². The molecule has 2 aromatic rings. The molecule has 1 aliphatic rings. The highest BCUT2D eigenvalue weighted by molar-refractivity contribution is 6.01. The van der Waals surface area contributed by atoms with Crippen LogP contribution in [-0.4, -0.2) is 28.8 Å². The first-order chi connectivity index (χ1) is 12.9. The first-order valence-electron chi connectivity index (χ1n) is 9.31. The molecule has 1 atom stereocenters. The fourth-order valence-electron chi connectivity index (χ4n) is 3.60. The smallest absolute Gasteiger partial charge is 0.255 e. The fourth-order valence-corrected chi connectivity index (χ4v) is 3.60. The van der Waals surface area contributed by atoms with E-state index in [0.29, 0.717) is 30.8 Å². The maximum absolute atomic E-state index is 13.2. The van der Waals surface area contributed by atoms with E-state index in [0.717, 1.165) is 5.76 Å². The Morgan fingerprint density at radius 3 is 2.56 bits per heavy atom. The number of benzene rings is 1. The Hall–Kier alpha value is -2.82. The van der Waals surface area contributed by atoms with E-state index in [-0.39, 0.29) is 17.7 Å². The lowest BCUT2D eigenvalue weighted by atomic mass is 9.87. The van der Waals surface area contributed by atoms with Crippen LogP contribution in [0.25, 0.3) is 0 Å². The maximum atomic E-state index is 13.2. The fraction of sp³-hybridized carbons (Fsp3) is 0.364. The standard InChI is InChI=1S/C22H26N2O3/c1-16(2)14-22(21(26)23-15-19-11-10-17(3)27-19)12-7-13-24(22)20(25)18-8-5-4-6-9-18/h4-12,16H,13-15H2,1-3H3,(H,23,26). The van der Waals surface area contributed by atoms with E-state index in [1.807, 2.05) is 49.4 Å². The van der Waals surface area contributed by atoms with Crippen molar-refractivity contribution in [2.45, 2.75) is 39.3 Å². The summed E-state index contributed by atoms with van der Waals surface area (Å²) in [5.74, 6) is 1.44. The van der Waals surface area contributed by atoms with Crippen LogP contribution in [-0.2, 0) is 11.3 Å². The van der Waals surface area contributed by atoms with Crippen LogP contribution in [0.3, 0.4) is 0 Å². The van der Waals surface area contributed by atoms with E-state index in [1.54, 1.807) is 17.0 Å². The number of nitrogens with zero attached hydrogens (tertiary/aromatic N) is 1. The van der Waals surface area contributed by atoms with Gasteiger partial charge in [-0.15, -0.1) is 0 Å². The average Bonchev–Trinajstić information content (AvgIpc) is 3.26. The Balaban J connectivity index is 1.84. The van der Waals surface area contributed by atoms with Gasteiger partial charge >= 0.3 is 0 Å². The third-order valence-electron chi connectivity index (χ3n) is 4.76. The number of nitrogens with one attached hydrogen (secondary N) is 1. The second-order valence-electron chi connectivity index (χ2n) is 7.40. The van der Waals surface area contributed by atoms with E-state index >= 15 is 0 Å². The van der Waals surface area contributed by atoms with Gasteiger partial charge in [-0.25, -0.2) is 0 Å². The van der Waals surface area contributed by atoms with Crippen molar-refractivity contribution in [3.63, 3.8) is 0 Å². The zero-order chi connectivity index (χ0) is 19.4. The van der Waals surface area contributed by atoms with E-state index in [2.05, 4.69) is 19.2 Å². The minimum absolute atomic E-state index is 0.134. The number of rotatable bonds is 6. The molecule has 1 unspecified atom stereocenters. The summed E-state index contributed by atoms with van der Waals surface area (Å²) in [4.78, 5) is 28.0. The molecule has 0 spiro atoms. The number of carbonyl (C=O) groups excluding carboxylic acids is 2. The van der Waals surface area contributed by atoms with Crippen molar-refractivity contribution >= 4 is 11.8 Å². The van der Waals surface area contributed by atoms with Gasteiger partial charge in [0.25, 0.3) is 5.91 Å². The van der Waals surface area contributed by atoms with Gasteiger partial charge in [-0.05, 0) is 43.5 Å². The van der Waals surface area contributed by atoms with Gasteiger partial charge in [0.15, 0.2) is 0 Å². The van der Waals surface area contributed by atoms with Crippen LogP contribution < -0.4 is 5.32 Å². The molecule has 1 aromatic heterocycles. The predicted molar refractivity (Wildman–Crippen MR) is 104 cm³/mol. The van der Waals surface area contributed by atoms with Crippen LogP contribution in [0.15, 0.2) is 59.0 Å². The maximum Gasteiger partial charge on any atom is 0.255 e. The Morgan fingerprint density at radius 2 is 1.93 bits per heavy atom. The lowest BCUT2D eigenvalue weighted by molar-refractivity contribution is -0.129. The second kappa shape index (κ2) is 7.82. The van der Waals surface area contributed by atoms with Crippen LogP contribution in [0.5, 0.6) is 0 Å². The summed E-state index contributed by atoms with van der Waals surface area (Å²) in [6.07, 6.45) is 4.33. The van der Waals surface area contributed by atoms with Crippen molar-refractivity contribution in [3.05, 3.63) is 71.7 Å². The van der Waals surface area contributed by atoms with E-state index < -0.39 is 5.54 Å². The normalized spacial score (nSPS) is 18.9. The summed E-state index contributed by atoms with van der Waals surface area (Å²) >= 11 is 0. The summed E-state index contributed by atoms with van der Waals surface area (Å²) < 4.78 is 5.54. The van der Waals surface area contributed by atoms with Gasteiger partial charge in [-0.3, -0.25) is 9.59 Å². The molecule has 0 fully saturated rings. The Kier molecular flexibility index (Phi) is 5.49. The number of amides is 2. The lowest BCUT2D eigenvalue weighted by Crippen LogP contribution is -2.58. The summed E-state index contributed by atoms with van der Waals surface area (Å²) in [5.41, 5.74) is -0.397. The summed E-state index contributed by atoms with van der Waals surface area (Å²) in [7, 11) is 0. The monoisotopic (exact) mass is 366 g/mol. The molecule has 0 bridgehead atoms. The van der Waals surface area contributed by atoms with Crippen molar-refractivity contribution in [2.75, 3.05) is 6.54 Å². The molecular weight excluding hydrogens is 340 g/mol. The molecule has 5 nitrogen and oxygen atoms in total. The molecule has 0 saturated carbocycles. The van der Waals surface area contributed by atoms with Crippen molar-refractivity contribution < 1.29 is 14.0 Å². The number of hydrogen-bond donors (Lipinski definition) is 1. The van der Waals surface area contributed by atoms with Crippen molar-refractivity contribution in [3.8, 4) is 0 Å². The molecule has 1 N–H and O–H groups in total.